The molecule has 0 saturated carbocycles. The summed E-state index contributed by atoms with van der Waals surface area (Å²) in [6.07, 6.45) is 0. The Morgan fingerprint density at radius 1 is 1.00 bits per heavy atom. The Bertz CT molecular complexity index is 689. The van der Waals surface area contributed by atoms with E-state index in [1.807, 2.05) is 60.7 Å². The molecule has 1 heterocycles. The second kappa shape index (κ2) is 6.30. The van der Waals surface area contributed by atoms with E-state index in [2.05, 4.69) is 10.1 Å². The fourth-order valence-corrected chi connectivity index (χ4v) is 2.66. The Kier molecular flexibility index (Phi) is 4.22. The SMILES string of the molecule is COC(c1ccccc1)(c1ccccc1)c1noc(CCl)n1. The van der Waals surface area contributed by atoms with Gasteiger partial charge in [-0.3, -0.25) is 0 Å². The number of nitrogens with zero attached hydrogens (tertiary/aromatic N) is 2. The fraction of sp³-hybridized carbons (Fsp3) is 0.176. The summed E-state index contributed by atoms with van der Waals surface area (Å²) in [7, 11) is 1.64. The molecule has 3 aromatic rings. The molecule has 112 valence electrons. The van der Waals surface area contributed by atoms with Gasteiger partial charge in [0.15, 0.2) is 5.60 Å². The third kappa shape index (κ3) is 2.40. The van der Waals surface area contributed by atoms with Crippen molar-refractivity contribution in [2.24, 2.45) is 0 Å². The highest BCUT2D eigenvalue weighted by Gasteiger charge is 2.41. The summed E-state index contributed by atoms with van der Waals surface area (Å²) in [5.41, 5.74) is 0.910. The molecule has 0 radical (unpaired) electrons. The first-order chi connectivity index (χ1) is 10.8. The topological polar surface area (TPSA) is 48.2 Å². The van der Waals surface area contributed by atoms with Crippen molar-refractivity contribution in [3.63, 3.8) is 0 Å². The van der Waals surface area contributed by atoms with Gasteiger partial charge in [-0.05, 0) is 11.1 Å². The highest BCUT2D eigenvalue weighted by Crippen LogP contribution is 2.38. The van der Waals surface area contributed by atoms with Crippen LogP contribution in [0.15, 0.2) is 65.2 Å². The number of halogens is 1. The van der Waals surface area contributed by atoms with Crippen molar-refractivity contribution in [2.45, 2.75) is 11.5 Å². The van der Waals surface area contributed by atoms with Crippen LogP contribution in [0, 0.1) is 0 Å². The second-order valence-electron chi connectivity index (χ2n) is 4.76. The zero-order chi connectivity index (χ0) is 15.4. The lowest BCUT2D eigenvalue weighted by Gasteiger charge is -2.30. The van der Waals surface area contributed by atoms with Gasteiger partial charge in [-0.15, -0.1) is 11.6 Å². The number of methoxy groups -OCH3 is 1. The average Bonchev–Trinajstić information content (AvgIpc) is 3.08. The number of aromatic nitrogens is 2. The molecule has 0 spiro atoms. The molecule has 22 heavy (non-hydrogen) atoms. The van der Waals surface area contributed by atoms with Gasteiger partial charge in [0.2, 0.25) is 11.7 Å². The summed E-state index contributed by atoms with van der Waals surface area (Å²) in [5.74, 6) is 0.962. The monoisotopic (exact) mass is 314 g/mol. The van der Waals surface area contributed by atoms with Crippen molar-refractivity contribution < 1.29 is 9.26 Å². The molecule has 0 N–H and O–H groups in total. The largest absolute Gasteiger partial charge is 0.361 e. The molecule has 5 heteroatoms. The molecule has 0 aliphatic carbocycles. The van der Waals surface area contributed by atoms with E-state index < -0.39 is 5.60 Å². The van der Waals surface area contributed by atoms with E-state index in [0.29, 0.717) is 11.7 Å². The minimum atomic E-state index is -0.934. The molecule has 0 atom stereocenters. The average molecular weight is 315 g/mol. The van der Waals surface area contributed by atoms with Gasteiger partial charge in [0.25, 0.3) is 0 Å². The van der Waals surface area contributed by atoms with Crippen LogP contribution in [0.3, 0.4) is 0 Å². The first kappa shape index (κ1) is 14.8. The molecule has 0 bridgehead atoms. The molecule has 0 unspecified atom stereocenters. The van der Waals surface area contributed by atoms with Gasteiger partial charge in [0, 0.05) is 7.11 Å². The quantitative estimate of drug-likeness (QED) is 0.673. The molecule has 1 aromatic heterocycles. The van der Waals surface area contributed by atoms with Crippen molar-refractivity contribution in [3.8, 4) is 0 Å². The Labute approximate surface area is 133 Å². The molecule has 3 rings (SSSR count). The first-order valence-corrected chi connectivity index (χ1v) is 7.40. The van der Waals surface area contributed by atoms with Crippen LogP contribution in [-0.2, 0) is 16.2 Å². The standard InChI is InChI=1S/C17H15ClN2O2/c1-21-17(13-8-4-2-5-9-13,14-10-6-3-7-11-14)16-19-15(12-18)22-20-16/h2-11H,12H2,1H3. The molecular weight excluding hydrogens is 300 g/mol. The van der Waals surface area contributed by atoms with Crippen LogP contribution in [0.25, 0.3) is 0 Å². The van der Waals surface area contributed by atoms with Crippen molar-refractivity contribution in [1.82, 2.24) is 10.1 Å². The highest BCUT2D eigenvalue weighted by atomic mass is 35.5. The highest BCUT2D eigenvalue weighted by molar-refractivity contribution is 6.16. The van der Waals surface area contributed by atoms with E-state index in [9.17, 15) is 0 Å². The van der Waals surface area contributed by atoms with Gasteiger partial charge in [0.05, 0.1) is 0 Å². The molecule has 0 fully saturated rings. The van der Waals surface area contributed by atoms with Gasteiger partial charge in [-0.2, -0.15) is 4.98 Å². The summed E-state index contributed by atoms with van der Waals surface area (Å²) in [6.45, 7) is 0. The van der Waals surface area contributed by atoms with Crippen molar-refractivity contribution in [1.29, 1.82) is 0 Å². The predicted molar refractivity (Wildman–Crippen MR) is 83.6 cm³/mol. The summed E-state index contributed by atoms with van der Waals surface area (Å²) in [6, 6.07) is 19.6. The van der Waals surface area contributed by atoms with Crippen molar-refractivity contribution in [2.75, 3.05) is 7.11 Å². The van der Waals surface area contributed by atoms with Crippen LogP contribution in [0.1, 0.15) is 22.8 Å². The Morgan fingerprint density at radius 3 is 1.95 bits per heavy atom. The maximum absolute atomic E-state index is 5.93. The maximum atomic E-state index is 5.93. The Hall–Kier alpha value is -2.17. The van der Waals surface area contributed by atoms with Crippen LogP contribution in [0.4, 0.5) is 0 Å². The maximum Gasteiger partial charge on any atom is 0.241 e. The third-order valence-electron chi connectivity index (χ3n) is 3.56. The van der Waals surface area contributed by atoms with Crippen LogP contribution in [-0.4, -0.2) is 17.3 Å². The summed E-state index contributed by atoms with van der Waals surface area (Å²) in [5, 5.41) is 4.09. The molecule has 0 aliphatic rings. The van der Waals surface area contributed by atoms with E-state index >= 15 is 0 Å². The van der Waals surface area contributed by atoms with E-state index in [1.54, 1.807) is 7.11 Å². The number of alkyl halides is 1. The minimum absolute atomic E-state index is 0.163. The third-order valence-corrected chi connectivity index (χ3v) is 3.79. The van der Waals surface area contributed by atoms with Crippen molar-refractivity contribution >= 4 is 11.6 Å². The van der Waals surface area contributed by atoms with Crippen LogP contribution < -0.4 is 0 Å². The number of ether oxygens (including phenoxy) is 1. The zero-order valence-corrected chi connectivity index (χ0v) is 12.8. The predicted octanol–water partition coefficient (Wildman–Crippen LogP) is 3.75. The molecule has 0 amide bonds. The molecule has 2 aromatic carbocycles. The lowest BCUT2D eigenvalue weighted by molar-refractivity contribution is 0.0488. The summed E-state index contributed by atoms with van der Waals surface area (Å²) >= 11 is 5.79. The number of benzene rings is 2. The van der Waals surface area contributed by atoms with Gasteiger partial charge >= 0.3 is 0 Å². The zero-order valence-electron chi connectivity index (χ0n) is 12.1. The van der Waals surface area contributed by atoms with Gasteiger partial charge in [-0.25, -0.2) is 0 Å². The fourth-order valence-electron chi connectivity index (χ4n) is 2.55. The lowest BCUT2D eigenvalue weighted by Crippen LogP contribution is -2.33. The van der Waals surface area contributed by atoms with Crippen LogP contribution >= 0.6 is 11.6 Å². The number of rotatable bonds is 5. The molecule has 0 aliphatic heterocycles. The normalized spacial score (nSPS) is 11.5. The summed E-state index contributed by atoms with van der Waals surface area (Å²) in [4.78, 5) is 4.39. The van der Waals surface area contributed by atoms with E-state index in [-0.39, 0.29) is 5.88 Å². The second-order valence-corrected chi connectivity index (χ2v) is 5.03. The molecule has 4 nitrogen and oxygen atoms in total. The van der Waals surface area contributed by atoms with E-state index in [1.165, 1.54) is 0 Å². The molecule has 0 saturated heterocycles. The van der Waals surface area contributed by atoms with Gasteiger partial charge < -0.3 is 9.26 Å². The van der Waals surface area contributed by atoms with Crippen LogP contribution in [0.2, 0.25) is 0 Å². The van der Waals surface area contributed by atoms with E-state index in [0.717, 1.165) is 11.1 Å². The first-order valence-electron chi connectivity index (χ1n) is 6.86. The Balaban J connectivity index is 2.25. The summed E-state index contributed by atoms with van der Waals surface area (Å²) < 4.78 is 11.1. The Morgan fingerprint density at radius 2 is 1.55 bits per heavy atom. The number of hydrogen-bond acceptors (Lipinski definition) is 4. The lowest BCUT2D eigenvalue weighted by atomic mass is 9.85. The van der Waals surface area contributed by atoms with Crippen molar-refractivity contribution in [3.05, 3.63) is 83.5 Å². The van der Waals surface area contributed by atoms with E-state index in [4.69, 9.17) is 20.9 Å². The van der Waals surface area contributed by atoms with Gasteiger partial charge in [0.1, 0.15) is 5.88 Å². The minimum Gasteiger partial charge on any atom is -0.361 e. The number of hydrogen-bond donors (Lipinski definition) is 0. The molecular formula is C17H15ClN2O2. The van der Waals surface area contributed by atoms with Gasteiger partial charge in [-0.1, -0.05) is 65.8 Å². The van der Waals surface area contributed by atoms with Crippen LogP contribution in [0.5, 0.6) is 0 Å². The smallest absolute Gasteiger partial charge is 0.241 e.